The Bertz CT molecular complexity index is 837. The lowest BCUT2D eigenvalue weighted by Gasteiger charge is -2.37. The minimum Gasteiger partial charge on any atom is -0.472 e. The molecule has 1 fully saturated rings. The van der Waals surface area contributed by atoms with Gasteiger partial charge in [0.1, 0.15) is 11.7 Å². The van der Waals surface area contributed by atoms with Crippen molar-refractivity contribution in [3.8, 4) is 5.88 Å². The van der Waals surface area contributed by atoms with Crippen LogP contribution in [0.2, 0.25) is 0 Å². The van der Waals surface area contributed by atoms with Crippen molar-refractivity contribution < 1.29 is 19.4 Å². The highest BCUT2D eigenvalue weighted by atomic mass is 16.5. The van der Waals surface area contributed by atoms with Crippen LogP contribution < -0.4 is 10.1 Å². The minimum atomic E-state index is -0.352. The Morgan fingerprint density at radius 3 is 2.81 bits per heavy atom. The maximum absolute atomic E-state index is 13.3. The highest BCUT2D eigenvalue weighted by Crippen LogP contribution is 2.28. The van der Waals surface area contributed by atoms with Gasteiger partial charge in [-0.25, -0.2) is 9.78 Å². The van der Waals surface area contributed by atoms with E-state index in [-0.39, 0.29) is 48.5 Å². The van der Waals surface area contributed by atoms with E-state index in [9.17, 15) is 14.7 Å². The second kappa shape index (κ2) is 10.8. The van der Waals surface area contributed by atoms with Crippen molar-refractivity contribution >= 4 is 18.0 Å². The number of urea groups is 1. The second-order valence-electron chi connectivity index (χ2n) is 9.06. The summed E-state index contributed by atoms with van der Waals surface area (Å²) in [5, 5.41) is 12.9. The van der Waals surface area contributed by atoms with Crippen LogP contribution in [0.5, 0.6) is 5.88 Å². The number of hydrogen-bond donors (Lipinski definition) is 2. The molecular formula is C24H36N4O4. The number of likely N-dealkylation sites (N-methyl/N-ethyl adjacent to an activating group) is 1. The maximum atomic E-state index is 13.3. The fraction of sp³-hybridized carbons (Fsp3) is 0.625. The molecule has 0 unspecified atom stereocenters. The van der Waals surface area contributed by atoms with Gasteiger partial charge in [0, 0.05) is 31.7 Å². The van der Waals surface area contributed by atoms with Gasteiger partial charge in [-0.15, -0.1) is 0 Å². The van der Waals surface area contributed by atoms with Gasteiger partial charge < -0.3 is 25.0 Å². The van der Waals surface area contributed by atoms with E-state index in [4.69, 9.17) is 4.74 Å². The van der Waals surface area contributed by atoms with Gasteiger partial charge in [0.05, 0.1) is 19.2 Å². The predicted molar refractivity (Wildman–Crippen MR) is 124 cm³/mol. The zero-order valence-corrected chi connectivity index (χ0v) is 19.6. The van der Waals surface area contributed by atoms with Crippen molar-refractivity contribution in [3.05, 3.63) is 29.5 Å². The summed E-state index contributed by atoms with van der Waals surface area (Å²) in [5.41, 5.74) is 1.17. The molecule has 2 N–H and O–H groups in total. The van der Waals surface area contributed by atoms with Crippen molar-refractivity contribution in [2.24, 2.45) is 5.92 Å². The average Bonchev–Trinajstić information content (AvgIpc) is 3.29. The number of nitrogens with one attached hydrogen (secondary N) is 1. The number of pyridine rings is 1. The molecule has 0 saturated heterocycles. The monoisotopic (exact) mass is 444 g/mol. The van der Waals surface area contributed by atoms with E-state index < -0.39 is 0 Å². The molecule has 3 rings (SSSR count). The lowest BCUT2D eigenvalue weighted by atomic mass is 10.00. The third-order valence-electron chi connectivity index (χ3n) is 6.38. The zero-order valence-electron chi connectivity index (χ0n) is 19.6. The van der Waals surface area contributed by atoms with Gasteiger partial charge in [-0.3, -0.25) is 4.79 Å². The Morgan fingerprint density at radius 2 is 2.16 bits per heavy atom. The number of fused-ring (bicyclic) bond motifs is 1. The smallest absolute Gasteiger partial charge is 0.317 e. The Balaban J connectivity index is 1.85. The number of carbonyl (C=O) groups excluding carboxylic acids is 2. The largest absolute Gasteiger partial charge is 0.472 e. The molecule has 1 aromatic rings. The first-order valence-electron chi connectivity index (χ1n) is 11.6. The molecule has 8 heteroatoms. The second-order valence-corrected chi connectivity index (χ2v) is 9.06. The van der Waals surface area contributed by atoms with E-state index in [0.717, 1.165) is 31.2 Å². The molecule has 8 nitrogen and oxygen atoms in total. The summed E-state index contributed by atoms with van der Waals surface area (Å²) in [6, 6.07) is 1.56. The van der Waals surface area contributed by atoms with Crippen LogP contribution in [0.15, 0.2) is 18.3 Å². The summed E-state index contributed by atoms with van der Waals surface area (Å²) < 4.78 is 6.24. The van der Waals surface area contributed by atoms with Crippen LogP contribution in [0.4, 0.5) is 4.79 Å². The van der Waals surface area contributed by atoms with E-state index in [1.165, 1.54) is 0 Å². The number of rotatable bonds is 6. The molecule has 176 valence electrons. The summed E-state index contributed by atoms with van der Waals surface area (Å²) >= 11 is 0. The number of carbonyl (C=O) groups is 2. The molecule has 0 bridgehead atoms. The minimum absolute atomic E-state index is 0.0696. The van der Waals surface area contributed by atoms with E-state index in [1.807, 2.05) is 32.9 Å². The molecule has 2 heterocycles. The first-order valence-corrected chi connectivity index (χ1v) is 11.6. The molecule has 1 aliphatic heterocycles. The maximum Gasteiger partial charge on any atom is 0.317 e. The van der Waals surface area contributed by atoms with Crippen LogP contribution in [0.25, 0.3) is 6.08 Å². The predicted octanol–water partition coefficient (Wildman–Crippen LogP) is 2.92. The number of allylic oxidation sites excluding steroid dienone is 1. The van der Waals surface area contributed by atoms with Crippen LogP contribution in [-0.4, -0.2) is 76.8 Å². The molecule has 1 saturated carbocycles. The fourth-order valence-corrected chi connectivity index (χ4v) is 4.33. The normalized spacial score (nSPS) is 22.8. The summed E-state index contributed by atoms with van der Waals surface area (Å²) in [4.78, 5) is 33.8. The number of aromatic nitrogens is 1. The van der Waals surface area contributed by atoms with Crippen molar-refractivity contribution in [2.75, 3.05) is 26.7 Å². The van der Waals surface area contributed by atoms with Crippen LogP contribution in [-0.2, 0) is 0 Å². The molecule has 32 heavy (non-hydrogen) atoms. The zero-order chi connectivity index (χ0) is 23.3. The van der Waals surface area contributed by atoms with Gasteiger partial charge in [0.2, 0.25) is 5.88 Å². The summed E-state index contributed by atoms with van der Waals surface area (Å²) in [6.07, 6.45) is 9.44. The van der Waals surface area contributed by atoms with E-state index in [0.29, 0.717) is 18.7 Å². The molecule has 0 spiro atoms. The Hall–Kier alpha value is -2.61. The number of aliphatic hydroxyl groups is 1. The quantitative estimate of drug-likeness (QED) is 0.704. The fourth-order valence-electron chi connectivity index (χ4n) is 4.33. The van der Waals surface area contributed by atoms with E-state index >= 15 is 0 Å². The summed E-state index contributed by atoms with van der Waals surface area (Å²) in [6.45, 7) is 6.37. The standard InChI is InChI=1S/C24H36N4O4/c1-5-8-18-11-20-22(25-12-18)32-21(16(2)13-28(23(20)30)17(3)15-29)14-27(4)24(31)26-19-9-6-7-10-19/h5,8,11-12,16-17,19,21,29H,6-7,9-10,13-15H2,1-4H3,(H,26,31)/b8-5+/t16-,17-,21+/m0/s1. The third-order valence-corrected chi connectivity index (χ3v) is 6.38. The molecule has 3 amide bonds. The Labute approximate surface area is 190 Å². The summed E-state index contributed by atoms with van der Waals surface area (Å²) in [5.74, 6) is -0.0163. The van der Waals surface area contributed by atoms with Gasteiger partial charge >= 0.3 is 6.03 Å². The van der Waals surface area contributed by atoms with E-state index in [1.54, 1.807) is 29.1 Å². The average molecular weight is 445 g/mol. The third kappa shape index (κ3) is 5.59. The molecule has 3 atom stereocenters. The number of nitrogens with zero attached hydrogens (tertiary/aromatic N) is 3. The van der Waals surface area contributed by atoms with Crippen molar-refractivity contribution in [1.82, 2.24) is 20.1 Å². The molecule has 2 aliphatic rings. The Kier molecular flexibility index (Phi) is 8.12. The van der Waals surface area contributed by atoms with Crippen LogP contribution in [0, 0.1) is 5.92 Å². The summed E-state index contributed by atoms with van der Waals surface area (Å²) in [7, 11) is 1.77. The van der Waals surface area contributed by atoms with Crippen molar-refractivity contribution in [2.45, 2.75) is 64.6 Å². The molecule has 1 aliphatic carbocycles. The topological polar surface area (TPSA) is 95.0 Å². The molecule has 0 radical (unpaired) electrons. The molecule has 1 aromatic heterocycles. The van der Waals surface area contributed by atoms with Crippen molar-refractivity contribution in [1.29, 1.82) is 0 Å². The SMILES string of the molecule is C/C=C/c1cnc2c(c1)C(=O)N([C@@H](C)CO)C[C@H](C)[C@@H](CN(C)C(=O)NC1CCCC1)O2. The molecular weight excluding hydrogens is 408 g/mol. The lowest BCUT2D eigenvalue weighted by Crippen LogP contribution is -2.52. The first-order chi connectivity index (χ1) is 15.3. The van der Waals surface area contributed by atoms with Gasteiger partial charge in [0.25, 0.3) is 5.91 Å². The van der Waals surface area contributed by atoms with Crippen LogP contribution >= 0.6 is 0 Å². The van der Waals surface area contributed by atoms with Gasteiger partial charge in [0.15, 0.2) is 0 Å². The Morgan fingerprint density at radius 1 is 1.44 bits per heavy atom. The van der Waals surface area contributed by atoms with Gasteiger partial charge in [-0.2, -0.15) is 0 Å². The lowest BCUT2D eigenvalue weighted by molar-refractivity contribution is 0.0351. The van der Waals surface area contributed by atoms with Gasteiger partial charge in [-0.1, -0.05) is 31.9 Å². The van der Waals surface area contributed by atoms with E-state index in [2.05, 4.69) is 10.3 Å². The van der Waals surface area contributed by atoms with Crippen molar-refractivity contribution in [3.63, 3.8) is 0 Å². The highest BCUT2D eigenvalue weighted by Gasteiger charge is 2.34. The molecule has 0 aromatic carbocycles. The number of hydrogen-bond acceptors (Lipinski definition) is 5. The number of ether oxygens (including phenoxy) is 1. The number of aliphatic hydroxyl groups excluding tert-OH is 1. The van der Waals surface area contributed by atoms with Crippen LogP contribution in [0.1, 0.15) is 62.4 Å². The number of amides is 3. The van der Waals surface area contributed by atoms with Gasteiger partial charge in [-0.05, 0) is 38.3 Å². The highest BCUT2D eigenvalue weighted by molar-refractivity contribution is 5.97. The first kappa shape index (κ1) is 24.0. The van der Waals surface area contributed by atoms with Crippen LogP contribution in [0.3, 0.4) is 0 Å².